The zero-order chi connectivity index (χ0) is 18.4. The zero-order valence-corrected chi connectivity index (χ0v) is 15.1. The Morgan fingerprint density at radius 2 is 1.92 bits per heavy atom. The van der Waals surface area contributed by atoms with Crippen LogP contribution in [0.2, 0.25) is 0 Å². The molecule has 0 bridgehead atoms. The van der Waals surface area contributed by atoms with Crippen molar-refractivity contribution in [2.45, 2.75) is 19.4 Å². The first-order valence-corrected chi connectivity index (χ1v) is 9.15. The van der Waals surface area contributed by atoms with Crippen LogP contribution in [0.25, 0.3) is 0 Å². The van der Waals surface area contributed by atoms with Crippen molar-refractivity contribution in [1.82, 2.24) is 10.3 Å². The van der Waals surface area contributed by atoms with E-state index in [1.54, 1.807) is 17.5 Å². The van der Waals surface area contributed by atoms with Gasteiger partial charge in [0.25, 0.3) is 5.91 Å². The van der Waals surface area contributed by atoms with E-state index in [2.05, 4.69) is 17.2 Å². The number of halogens is 1. The number of ether oxygens (including phenoxy) is 1. The molecule has 1 aromatic heterocycles. The van der Waals surface area contributed by atoms with Crippen molar-refractivity contribution >= 4 is 17.2 Å². The molecule has 3 rings (SSSR count). The minimum absolute atomic E-state index is 0.197. The minimum atomic E-state index is -0.310. The van der Waals surface area contributed by atoms with Crippen LogP contribution < -0.4 is 10.1 Å². The molecule has 6 heteroatoms. The molecule has 2 aromatic carbocycles. The lowest BCUT2D eigenvalue weighted by atomic mass is 10.0. The van der Waals surface area contributed by atoms with Crippen molar-refractivity contribution in [2.24, 2.45) is 0 Å². The van der Waals surface area contributed by atoms with Crippen LogP contribution in [0, 0.1) is 5.82 Å². The predicted octanol–water partition coefficient (Wildman–Crippen LogP) is 4.39. The summed E-state index contributed by atoms with van der Waals surface area (Å²) in [6, 6.07) is 15.8. The molecule has 0 saturated carbocycles. The number of aromatic nitrogens is 1. The number of thiazole rings is 1. The van der Waals surface area contributed by atoms with Crippen molar-refractivity contribution in [3.8, 4) is 5.75 Å². The number of carbonyl (C=O) groups is 1. The van der Waals surface area contributed by atoms with Crippen LogP contribution in [0.1, 0.15) is 33.9 Å². The molecule has 3 aromatic rings. The first-order valence-electron chi connectivity index (χ1n) is 8.28. The molecule has 0 spiro atoms. The smallest absolute Gasteiger partial charge is 0.270 e. The molecule has 0 fully saturated rings. The summed E-state index contributed by atoms with van der Waals surface area (Å²) in [5.41, 5.74) is 1.56. The average Bonchev–Trinajstić information content (AvgIpc) is 3.15. The Morgan fingerprint density at radius 3 is 2.65 bits per heavy atom. The van der Waals surface area contributed by atoms with Gasteiger partial charge < -0.3 is 10.1 Å². The second-order valence-electron chi connectivity index (χ2n) is 5.89. The van der Waals surface area contributed by atoms with Crippen LogP contribution in [0.3, 0.4) is 0 Å². The van der Waals surface area contributed by atoms with Crippen LogP contribution in [0.5, 0.6) is 5.75 Å². The van der Waals surface area contributed by atoms with Crippen molar-refractivity contribution in [2.75, 3.05) is 6.54 Å². The van der Waals surface area contributed by atoms with E-state index in [4.69, 9.17) is 4.74 Å². The third-order valence-corrected chi connectivity index (χ3v) is 4.72. The number of hydrogen-bond donors (Lipinski definition) is 1. The average molecular weight is 370 g/mol. The molecule has 0 aliphatic carbocycles. The lowest BCUT2D eigenvalue weighted by Gasteiger charge is -2.12. The number of benzene rings is 2. The monoisotopic (exact) mass is 370 g/mol. The molecule has 1 atom stereocenters. The summed E-state index contributed by atoms with van der Waals surface area (Å²) in [7, 11) is 0. The van der Waals surface area contributed by atoms with Gasteiger partial charge in [-0.25, -0.2) is 9.37 Å². The molecule has 1 N–H and O–H groups in total. The van der Waals surface area contributed by atoms with Gasteiger partial charge in [-0.3, -0.25) is 4.79 Å². The molecule has 1 amide bonds. The van der Waals surface area contributed by atoms with E-state index in [1.165, 1.54) is 29.0 Å². The summed E-state index contributed by atoms with van der Waals surface area (Å²) < 4.78 is 18.4. The fraction of sp³-hybridized carbons (Fsp3) is 0.200. The summed E-state index contributed by atoms with van der Waals surface area (Å²) in [4.78, 5) is 16.6. The lowest BCUT2D eigenvalue weighted by Crippen LogP contribution is -2.27. The molecule has 0 saturated heterocycles. The zero-order valence-electron chi connectivity index (χ0n) is 14.3. The molecular formula is C20H19FN2O2S. The second kappa shape index (κ2) is 8.58. The Labute approximate surface area is 155 Å². The fourth-order valence-corrected chi connectivity index (χ4v) is 3.08. The van der Waals surface area contributed by atoms with E-state index >= 15 is 0 Å². The Kier molecular flexibility index (Phi) is 5.96. The first-order chi connectivity index (χ1) is 12.6. The topological polar surface area (TPSA) is 51.2 Å². The van der Waals surface area contributed by atoms with Gasteiger partial charge in [0.2, 0.25) is 0 Å². The number of nitrogens with one attached hydrogen (secondary N) is 1. The van der Waals surface area contributed by atoms with Crippen molar-refractivity contribution in [3.05, 3.63) is 82.1 Å². The maximum atomic E-state index is 12.9. The SMILES string of the molecule is C[C@@H](CNC(=O)c1csc(COc2ccc(F)cc2)n1)c1ccccc1. The highest BCUT2D eigenvalue weighted by Crippen LogP contribution is 2.17. The molecule has 0 aliphatic rings. The first kappa shape index (κ1) is 18.1. The summed E-state index contributed by atoms with van der Waals surface area (Å²) in [5.74, 6) is 0.275. The third-order valence-electron chi connectivity index (χ3n) is 3.90. The highest BCUT2D eigenvalue weighted by atomic mass is 32.1. The normalized spacial score (nSPS) is 11.8. The van der Waals surface area contributed by atoms with Gasteiger partial charge in [-0.05, 0) is 35.7 Å². The highest BCUT2D eigenvalue weighted by Gasteiger charge is 2.13. The lowest BCUT2D eigenvalue weighted by molar-refractivity contribution is 0.0947. The second-order valence-corrected chi connectivity index (χ2v) is 6.83. The number of amides is 1. The van der Waals surface area contributed by atoms with Crippen molar-refractivity contribution in [1.29, 1.82) is 0 Å². The molecule has 1 heterocycles. The Bertz CT molecular complexity index is 850. The fourth-order valence-electron chi connectivity index (χ4n) is 2.39. The van der Waals surface area contributed by atoms with Gasteiger partial charge in [0.05, 0.1) is 0 Å². The maximum Gasteiger partial charge on any atom is 0.270 e. The summed E-state index contributed by atoms with van der Waals surface area (Å²) in [6.07, 6.45) is 0. The van der Waals surface area contributed by atoms with E-state index in [1.807, 2.05) is 30.3 Å². The van der Waals surface area contributed by atoms with E-state index in [0.29, 0.717) is 23.0 Å². The van der Waals surface area contributed by atoms with E-state index in [-0.39, 0.29) is 24.2 Å². The Morgan fingerprint density at radius 1 is 1.19 bits per heavy atom. The molecular weight excluding hydrogens is 351 g/mol. The molecule has 26 heavy (non-hydrogen) atoms. The van der Waals surface area contributed by atoms with Gasteiger partial charge in [-0.15, -0.1) is 11.3 Å². The molecule has 134 valence electrons. The maximum absolute atomic E-state index is 12.9. The summed E-state index contributed by atoms with van der Waals surface area (Å²) in [6.45, 7) is 2.85. The molecule has 0 unspecified atom stereocenters. The van der Waals surface area contributed by atoms with Gasteiger partial charge >= 0.3 is 0 Å². The van der Waals surface area contributed by atoms with Gasteiger partial charge in [0.1, 0.15) is 28.9 Å². The molecule has 0 aliphatic heterocycles. The van der Waals surface area contributed by atoms with Crippen LogP contribution >= 0.6 is 11.3 Å². The van der Waals surface area contributed by atoms with Gasteiger partial charge in [-0.1, -0.05) is 37.3 Å². The van der Waals surface area contributed by atoms with Crippen LogP contribution in [0.15, 0.2) is 60.0 Å². The molecule has 0 radical (unpaired) electrons. The number of hydrogen-bond acceptors (Lipinski definition) is 4. The van der Waals surface area contributed by atoms with Crippen LogP contribution in [0.4, 0.5) is 4.39 Å². The van der Waals surface area contributed by atoms with Gasteiger partial charge in [0, 0.05) is 11.9 Å². The predicted molar refractivity (Wildman–Crippen MR) is 100 cm³/mol. The molecule has 4 nitrogen and oxygen atoms in total. The quantitative estimate of drug-likeness (QED) is 0.671. The number of rotatable bonds is 7. The van der Waals surface area contributed by atoms with Gasteiger partial charge in [0.15, 0.2) is 0 Å². The van der Waals surface area contributed by atoms with E-state index in [0.717, 1.165) is 0 Å². The van der Waals surface area contributed by atoms with E-state index in [9.17, 15) is 9.18 Å². The summed E-state index contributed by atoms with van der Waals surface area (Å²) in [5, 5.41) is 5.32. The Hall–Kier alpha value is -2.73. The number of nitrogens with zero attached hydrogens (tertiary/aromatic N) is 1. The standard InChI is InChI=1S/C20H19FN2O2S/c1-14(15-5-3-2-4-6-15)11-22-20(24)18-13-26-19(23-18)12-25-17-9-7-16(21)8-10-17/h2-10,13-14H,11-12H2,1H3,(H,22,24)/t14-/m0/s1. The van der Waals surface area contributed by atoms with Crippen molar-refractivity contribution < 1.29 is 13.9 Å². The Balaban J connectivity index is 1.50. The largest absolute Gasteiger partial charge is 0.486 e. The highest BCUT2D eigenvalue weighted by molar-refractivity contribution is 7.09. The van der Waals surface area contributed by atoms with Gasteiger partial charge in [-0.2, -0.15) is 0 Å². The third kappa shape index (κ3) is 4.89. The summed E-state index contributed by atoms with van der Waals surface area (Å²) >= 11 is 1.36. The van der Waals surface area contributed by atoms with E-state index < -0.39 is 0 Å². The minimum Gasteiger partial charge on any atom is -0.486 e. The van der Waals surface area contributed by atoms with Crippen LogP contribution in [-0.2, 0) is 6.61 Å². The van der Waals surface area contributed by atoms with Crippen LogP contribution in [-0.4, -0.2) is 17.4 Å². The number of carbonyl (C=O) groups excluding carboxylic acids is 1. The van der Waals surface area contributed by atoms with Crippen molar-refractivity contribution in [3.63, 3.8) is 0 Å².